The summed E-state index contributed by atoms with van der Waals surface area (Å²) in [5.74, 6) is -0.173. The van der Waals surface area contributed by atoms with E-state index in [1.807, 2.05) is 33.8 Å². The second kappa shape index (κ2) is 7.77. The zero-order chi connectivity index (χ0) is 18.5. The molecule has 0 aliphatic rings. The number of nitro groups is 1. The molecule has 0 amide bonds. The van der Waals surface area contributed by atoms with E-state index >= 15 is 0 Å². The highest BCUT2D eigenvalue weighted by Gasteiger charge is 2.36. The van der Waals surface area contributed by atoms with Crippen LogP contribution in [0, 0.1) is 32.8 Å². The monoisotopic (exact) mass is 334 g/mol. The molecular weight excluding hydrogens is 312 g/mol. The molecule has 1 aromatic carbocycles. The number of carbonyl (C=O) groups is 1. The number of rotatable bonds is 7. The minimum Gasteiger partial charge on any atom is -0.491 e. The summed E-state index contributed by atoms with van der Waals surface area (Å²) >= 11 is 0. The number of nitriles is 1. The lowest BCUT2D eigenvalue weighted by Crippen LogP contribution is -2.41. The Hall–Kier alpha value is -2.62. The average Bonchev–Trinajstić information content (AvgIpc) is 2.49. The van der Waals surface area contributed by atoms with Gasteiger partial charge < -0.3 is 9.47 Å². The van der Waals surface area contributed by atoms with Crippen molar-refractivity contribution in [1.82, 2.24) is 0 Å². The van der Waals surface area contributed by atoms with Crippen molar-refractivity contribution in [1.29, 1.82) is 5.26 Å². The minimum atomic E-state index is -0.619. The van der Waals surface area contributed by atoms with Gasteiger partial charge in [-0.2, -0.15) is 5.26 Å². The van der Waals surface area contributed by atoms with Crippen LogP contribution in [0.4, 0.5) is 5.69 Å². The van der Waals surface area contributed by atoms with E-state index in [4.69, 9.17) is 9.47 Å². The SMILES string of the molecule is CC(=O)OC(C(C)C)C(C)(C)COc1cccc([N+](=O)[O-])c1C#N. The molecule has 130 valence electrons. The van der Waals surface area contributed by atoms with E-state index in [2.05, 4.69) is 0 Å². The molecule has 1 atom stereocenters. The third-order valence-corrected chi connectivity index (χ3v) is 3.58. The Morgan fingerprint density at radius 2 is 2.04 bits per heavy atom. The summed E-state index contributed by atoms with van der Waals surface area (Å²) in [6.45, 7) is 9.11. The summed E-state index contributed by atoms with van der Waals surface area (Å²) in [5.41, 5.74) is -0.961. The number of hydrogen-bond acceptors (Lipinski definition) is 6. The lowest BCUT2D eigenvalue weighted by Gasteiger charge is -2.36. The molecule has 0 fully saturated rings. The Morgan fingerprint density at radius 3 is 2.50 bits per heavy atom. The third-order valence-electron chi connectivity index (χ3n) is 3.58. The van der Waals surface area contributed by atoms with Crippen molar-refractivity contribution in [2.24, 2.45) is 11.3 Å². The number of ether oxygens (including phenoxy) is 2. The van der Waals surface area contributed by atoms with Gasteiger partial charge in [-0.1, -0.05) is 33.8 Å². The van der Waals surface area contributed by atoms with Crippen LogP contribution in [0.25, 0.3) is 0 Å². The summed E-state index contributed by atoms with van der Waals surface area (Å²) in [5, 5.41) is 20.2. The lowest BCUT2D eigenvalue weighted by atomic mass is 9.81. The van der Waals surface area contributed by atoms with Gasteiger partial charge in [0.15, 0.2) is 5.56 Å². The van der Waals surface area contributed by atoms with Gasteiger partial charge in [0.2, 0.25) is 0 Å². The molecular formula is C17H22N2O5. The van der Waals surface area contributed by atoms with Crippen molar-refractivity contribution < 1.29 is 19.2 Å². The standard InChI is InChI=1S/C17H22N2O5/c1-11(2)16(24-12(3)20)17(4,5)10-23-15-8-6-7-14(19(21)22)13(15)9-18/h6-8,11,16H,10H2,1-5H3. The summed E-state index contributed by atoms with van der Waals surface area (Å²) < 4.78 is 11.1. The maximum atomic E-state index is 11.3. The molecule has 1 aromatic rings. The molecule has 0 saturated carbocycles. The number of esters is 1. The molecule has 0 spiro atoms. The maximum absolute atomic E-state index is 11.3. The fourth-order valence-corrected chi connectivity index (χ4v) is 2.63. The fraction of sp³-hybridized carbons (Fsp3) is 0.529. The van der Waals surface area contributed by atoms with Crippen molar-refractivity contribution in [2.45, 2.75) is 40.7 Å². The second-order valence-corrected chi connectivity index (χ2v) is 6.57. The smallest absolute Gasteiger partial charge is 0.302 e. The molecule has 24 heavy (non-hydrogen) atoms. The van der Waals surface area contributed by atoms with E-state index in [1.165, 1.54) is 25.1 Å². The number of nitro benzene ring substituents is 1. The quantitative estimate of drug-likeness (QED) is 0.430. The van der Waals surface area contributed by atoms with Crippen LogP contribution < -0.4 is 4.74 Å². The Morgan fingerprint density at radius 1 is 1.42 bits per heavy atom. The Labute approximate surface area is 141 Å². The molecule has 0 aliphatic heterocycles. The summed E-state index contributed by atoms with van der Waals surface area (Å²) in [6, 6.07) is 6.05. The van der Waals surface area contributed by atoms with Crippen molar-refractivity contribution in [2.75, 3.05) is 6.61 Å². The van der Waals surface area contributed by atoms with Gasteiger partial charge in [-0.05, 0) is 12.0 Å². The van der Waals surface area contributed by atoms with Crippen LogP contribution in [0.2, 0.25) is 0 Å². The third kappa shape index (κ3) is 4.69. The molecule has 0 N–H and O–H groups in total. The summed E-state index contributed by atoms with van der Waals surface area (Å²) in [7, 11) is 0. The Kier molecular flexibility index (Phi) is 6.29. The van der Waals surface area contributed by atoms with Crippen LogP contribution in [-0.4, -0.2) is 23.6 Å². The molecule has 1 rings (SSSR count). The first-order valence-corrected chi connectivity index (χ1v) is 7.57. The van der Waals surface area contributed by atoms with Crippen LogP contribution in [0.1, 0.15) is 40.2 Å². The zero-order valence-corrected chi connectivity index (χ0v) is 14.5. The lowest BCUT2D eigenvalue weighted by molar-refractivity contribution is -0.385. The maximum Gasteiger partial charge on any atom is 0.302 e. The molecule has 7 heteroatoms. The predicted octanol–water partition coefficient (Wildman–Crippen LogP) is 3.46. The van der Waals surface area contributed by atoms with E-state index < -0.39 is 10.3 Å². The van der Waals surface area contributed by atoms with Gasteiger partial charge >= 0.3 is 5.97 Å². The first-order valence-electron chi connectivity index (χ1n) is 7.57. The fourth-order valence-electron chi connectivity index (χ4n) is 2.63. The van der Waals surface area contributed by atoms with Crippen molar-refractivity contribution >= 4 is 11.7 Å². The highest BCUT2D eigenvalue weighted by Crippen LogP contribution is 2.33. The molecule has 1 unspecified atom stereocenters. The highest BCUT2D eigenvalue weighted by molar-refractivity contribution is 5.66. The van der Waals surface area contributed by atoms with Crippen molar-refractivity contribution in [3.05, 3.63) is 33.9 Å². The van der Waals surface area contributed by atoms with Crippen LogP contribution >= 0.6 is 0 Å². The van der Waals surface area contributed by atoms with Gasteiger partial charge in [-0.15, -0.1) is 0 Å². The van der Waals surface area contributed by atoms with E-state index in [0.29, 0.717) is 0 Å². The van der Waals surface area contributed by atoms with Gasteiger partial charge in [0.25, 0.3) is 5.69 Å². The number of hydrogen-bond donors (Lipinski definition) is 0. The first-order chi connectivity index (χ1) is 11.1. The van der Waals surface area contributed by atoms with Gasteiger partial charge in [-0.25, -0.2) is 0 Å². The van der Waals surface area contributed by atoms with Crippen molar-refractivity contribution in [3.8, 4) is 11.8 Å². The largest absolute Gasteiger partial charge is 0.491 e. The Balaban J connectivity index is 3.03. The van der Waals surface area contributed by atoms with Gasteiger partial charge in [0.05, 0.1) is 11.5 Å². The van der Waals surface area contributed by atoms with Crippen LogP contribution in [-0.2, 0) is 9.53 Å². The minimum absolute atomic E-state index is 0.0630. The van der Waals surface area contributed by atoms with Gasteiger partial charge in [-0.3, -0.25) is 14.9 Å². The first kappa shape index (κ1) is 19.4. The molecule has 0 heterocycles. The number of benzene rings is 1. The van der Waals surface area contributed by atoms with Crippen LogP contribution in [0.15, 0.2) is 18.2 Å². The Bertz CT molecular complexity index is 661. The average molecular weight is 334 g/mol. The normalized spacial score (nSPS) is 12.4. The van der Waals surface area contributed by atoms with Crippen LogP contribution in [0.5, 0.6) is 5.75 Å². The van der Waals surface area contributed by atoms with E-state index in [1.54, 1.807) is 0 Å². The number of carbonyl (C=O) groups excluding carboxylic acids is 1. The molecule has 0 aliphatic carbocycles. The highest BCUT2D eigenvalue weighted by atomic mass is 16.6. The molecule has 0 bridgehead atoms. The van der Waals surface area contributed by atoms with Crippen molar-refractivity contribution in [3.63, 3.8) is 0 Å². The second-order valence-electron chi connectivity index (χ2n) is 6.57. The van der Waals surface area contributed by atoms with Gasteiger partial charge in [0, 0.05) is 18.4 Å². The predicted molar refractivity (Wildman–Crippen MR) is 87.5 cm³/mol. The topological polar surface area (TPSA) is 102 Å². The molecule has 0 aromatic heterocycles. The molecule has 7 nitrogen and oxygen atoms in total. The van der Waals surface area contributed by atoms with E-state index in [9.17, 15) is 20.2 Å². The molecule has 0 saturated heterocycles. The van der Waals surface area contributed by atoms with E-state index in [0.717, 1.165) is 0 Å². The summed E-state index contributed by atoms with van der Waals surface area (Å²) in [6.07, 6.45) is -0.390. The van der Waals surface area contributed by atoms with Crippen LogP contribution in [0.3, 0.4) is 0 Å². The zero-order valence-electron chi connectivity index (χ0n) is 14.5. The molecule has 0 radical (unpaired) electrons. The van der Waals surface area contributed by atoms with E-state index in [-0.39, 0.29) is 41.6 Å². The summed E-state index contributed by atoms with van der Waals surface area (Å²) in [4.78, 5) is 21.7. The van der Waals surface area contributed by atoms with Gasteiger partial charge in [0.1, 0.15) is 17.9 Å². The number of nitrogens with zero attached hydrogens (tertiary/aromatic N) is 2.